The van der Waals surface area contributed by atoms with Crippen molar-refractivity contribution in [1.29, 1.82) is 0 Å². The van der Waals surface area contributed by atoms with E-state index < -0.39 is 0 Å². The molecule has 0 bridgehead atoms. The van der Waals surface area contributed by atoms with E-state index in [0.29, 0.717) is 5.88 Å². The van der Waals surface area contributed by atoms with Crippen LogP contribution in [0.5, 0.6) is 5.75 Å². The summed E-state index contributed by atoms with van der Waals surface area (Å²) in [6, 6.07) is 5.79. The summed E-state index contributed by atoms with van der Waals surface area (Å²) in [7, 11) is 1.64. The number of imidazole rings is 1. The van der Waals surface area contributed by atoms with Gasteiger partial charge in [0.25, 0.3) is 0 Å². The number of hydrogen-bond acceptors (Lipinski definition) is 2. The second-order valence-electron chi connectivity index (χ2n) is 3.24. The van der Waals surface area contributed by atoms with Gasteiger partial charge in [0.05, 0.1) is 17.5 Å². The van der Waals surface area contributed by atoms with Crippen LogP contribution in [0, 0.1) is 0 Å². The molecule has 2 rings (SSSR count). The molecule has 1 aromatic heterocycles. The first-order chi connectivity index (χ1) is 7.74. The lowest BCUT2D eigenvalue weighted by molar-refractivity contribution is 0.412. The van der Waals surface area contributed by atoms with Crippen LogP contribution in [0.3, 0.4) is 0 Å². The predicted molar refractivity (Wildman–Crippen MR) is 67.8 cm³/mol. The molecule has 1 heterocycles. The fraction of sp³-hybridized carbons (Fsp3) is 0.182. The number of benzene rings is 1. The van der Waals surface area contributed by atoms with Crippen LogP contribution in [0.25, 0.3) is 11.4 Å². The van der Waals surface area contributed by atoms with Crippen molar-refractivity contribution >= 4 is 27.5 Å². The Morgan fingerprint density at radius 3 is 2.88 bits per heavy atom. The van der Waals surface area contributed by atoms with Crippen molar-refractivity contribution in [3.05, 3.63) is 34.6 Å². The van der Waals surface area contributed by atoms with Gasteiger partial charge in [-0.3, -0.25) is 0 Å². The fourth-order valence-corrected chi connectivity index (χ4v) is 2.06. The van der Waals surface area contributed by atoms with Crippen molar-refractivity contribution < 1.29 is 4.74 Å². The maximum absolute atomic E-state index is 5.71. The highest BCUT2D eigenvalue weighted by Gasteiger charge is 2.06. The third-order valence-corrected chi connectivity index (χ3v) is 3.11. The smallest absolute Gasteiger partial charge is 0.137 e. The monoisotopic (exact) mass is 300 g/mol. The minimum atomic E-state index is 0.435. The molecule has 1 N–H and O–H groups in total. The summed E-state index contributed by atoms with van der Waals surface area (Å²) in [6.45, 7) is 0. The molecule has 0 aliphatic heterocycles. The number of aromatic nitrogens is 2. The number of alkyl halides is 1. The molecule has 1 aromatic carbocycles. The number of H-pyrrole nitrogens is 1. The highest BCUT2D eigenvalue weighted by molar-refractivity contribution is 9.10. The number of methoxy groups -OCH3 is 1. The molecule has 0 aliphatic rings. The zero-order chi connectivity index (χ0) is 11.5. The van der Waals surface area contributed by atoms with E-state index in [0.717, 1.165) is 27.3 Å². The minimum Gasteiger partial charge on any atom is -0.496 e. The molecular weight excluding hydrogens is 291 g/mol. The molecule has 0 aliphatic carbocycles. The van der Waals surface area contributed by atoms with E-state index in [1.165, 1.54) is 0 Å². The van der Waals surface area contributed by atoms with E-state index in [4.69, 9.17) is 16.3 Å². The maximum Gasteiger partial charge on any atom is 0.137 e. The van der Waals surface area contributed by atoms with E-state index in [-0.39, 0.29) is 0 Å². The van der Waals surface area contributed by atoms with Gasteiger partial charge < -0.3 is 9.72 Å². The predicted octanol–water partition coefficient (Wildman–Crippen LogP) is 3.59. The molecule has 5 heteroatoms. The van der Waals surface area contributed by atoms with Crippen molar-refractivity contribution in [2.24, 2.45) is 0 Å². The topological polar surface area (TPSA) is 37.9 Å². The molecule has 0 amide bonds. The van der Waals surface area contributed by atoms with E-state index in [1.54, 1.807) is 13.3 Å². The van der Waals surface area contributed by atoms with Crippen LogP contribution in [0.1, 0.15) is 5.69 Å². The number of halogens is 2. The van der Waals surface area contributed by atoms with Gasteiger partial charge in [-0.1, -0.05) is 0 Å². The zero-order valence-corrected chi connectivity index (χ0v) is 11.0. The normalized spacial score (nSPS) is 10.4. The standard InChI is InChI=1S/C11H10BrClN2O/c1-16-10-3-2-7(4-9(10)12)11-14-6-8(5-13)15-11/h2-4,6H,5H2,1H3,(H,14,15). The number of hydrogen-bond donors (Lipinski definition) is 1. The molecule has 84 valence electrons. The molecule has 0 saturated heterocycles. The molecule has 3 nitrogen and oxygen atoms in total. The Bertz CT molecular complexity index is 498. The van der Waals surface area contributed by atoms with Gasteiger partial charge in [0.15, 0.2) is 0 Å². The zero-order valence-electron chi connectivity index (χ0n) is 8.63. The highest BCUT2D eigenvalue weighted by atomic mass is 79.9. The van der Waals surface area contributed by atoms with Crippen molar-refractivity contribution in [3.8, 4) is 17.1 Å². The van der Waals surface area contributed by atoms with Crippen LogP contribution < -0.4 is 4.74 Å². The van der Waals surface area contributed by atoms with E-state index in [2.05, 4.69) is 25.9 Å². The van der Waals surface area contributed by atoms with Gasteiger partial charge in [-0.15, -0.1) is 11.6 Å². The van der Waals surface area contributed by atoms with Gasteiger partial charge in [-0.2, -0.15) is 0 Å². The van der Waals surface area contributed by atoms with Gasteiger partial charge in [0.2, 0.25) is 0 Å². The molecule has 16 heavy (non-hydrogen) atoms. The summed E-state index contributed by atoms with van der Waals surface area (Å²) >= 11 is 9.14. The van der Waals surface area contributed by atoms with Crippen molar-refractivity contribution in [2.75, 3.05) is 7.11 Å². The minimum absolute atomic E-state index is 0.435. The molecule has 0 radical (unpaired) electrons. The van der Waals surface area contributed by atoms with Gasteiger partial charge in [0.1, 0.15) is 11.6 Å². The van der Waals surface area contributed by atoms with Gasteiger partial charge in [-0.05, 0) is 34.1 Å². The SMILES string of the molecule is COc1ccc(-c2ncc(CCl)[nH]2)cc1Br. The molecule has 0 unspecified atom stereocenters. The first-order valence-electron chi connectivity index (χ1n) is 4.68. The maximum atomic E-state index is 5.71. The van der Waals surface area contributed by atoms with Gasteiger partial charge >= 0.3 is 0 Å². The van der Waals surface area contributed by atoms with Crippen molar-refractivity contribution in [1.82, 2.24) is 9.97 Å². The van der Waals surface area contributed by atoms with Crippen LogP contribution in [-0.2, 0) is 5.88 Å². The highest BCUT2D eigenvalue weighted by Crippen LogP contribution is 2.29. The Morgan fingerprint density at radius 1 is 1.50 bits per heavy atom. The third kappa shape index (κ3) is 2.23. The molecule has 0 atom stereocenters. The lowest BCUT2D eigenvalue weighted by Gasteiger charge is -2.04. The summed E-state index contributed by atoms with van der Waals surface area (Å²) in [5.74, 6) is 2.04. The first-order valence-corrected chi connectivity index (χ1v) is 6.01. The largest absolute Gasteiger partial charge is 0.496 e. The van der Waals surface area contributed by atoms with Crippen molar-refractivity contribution in [3.63, 3.8) is 0 Å². The summed E-state index contributed by atoms with van der Waals surface area (Å²) < 4.78 is 6.06. The number of nitrogens with one attached hydrogen (secondary N) is 1. The quantitative estimate of drug-likeness (QED) is 0.880. The van der Waals surface area contributed by atoms with Crippen molar-refractivity contribution in [2.45, 2.75) is 5.88 Å². The van der Waals surface area contributed by atoms with Crippen LogP contribution in [0.15, 0.2) is 28.9 Å². The lowest BCUT2D eigenvalue weighted by atomic mass is 10.2. The Labute approximate surface area is 107 Å². The second kappa shape index (κ2) is 4.89. The molecule has 0 spiro atoms. The average Bonchev–Trinajstić information content (AvgIpc) is 2.77. The number of ether oxygens (including phenoxy) is 1. The number of aromatic amines is 1. The second-order valence-corrected chi connectivity index (χ2v) is 4.36. The summed E-state index contributed by atoms with van der Waals surface area (Å²) in [5.41, 5.74) is 1.90. The van der Waals surface area contributed by atoms with Gasteiger partial charge in [-0.25, -0.2) is 4.98 Å². The third-order valence-electron chi connectivity index (χ3n) is 2.20. The molecule has 2 aromatic rings. The summed E-state index contributed by atoms with van der Waals surface area (Å²) in [4.78, 5) is 7.39. The van der Waals surface area contributed by atoms with Crippen LogP contribution >= 0.6 is 27.5 Å². The van der Waals surface area contributed by atoms with Gasteiger partial charge in [0, 0.05) is 17.5 Å². The lowest BCUT2D eigenvalue weighted by Crippen LogP contribution is -1.86. The average molecular weight is 302 g/mol. The van der Waals surface area contributed by atoms with Crippen LogP contribution in [0.4, 0.5) is 0 Å². The summed E-state index contributed by atoms with van der Waals surface area (Å²) in [5, 5.41) is 0. The molecule has 0 fully saturated rings. The Kier molecular flexibility index (Phi) is 3.51. The van der Waals surface area contributed by atoms with E-state index >= 15 is 0 Å². The Balaban J connectivity index is 2.37. The Hall–Kier alpha value is -1.00. The van der Waals surface area contributed by atoms with E-state index in [1.807, 2.05) is 18.2 Å². The molecule has 0 saturated carbocycles. The Morgan fingerprint density at radius 2 is 2.31 bits per heavy atom. The summed E-state index contributed by atoms with van der Waals surface area (Å²) in [6.07, 6.45) is 1.74. The number of nitrogens with zero attached hydrogens (tertiary/aromatic N) is 1. The first kappa shape index (κ1) is 11.5. The van der Waals surface area contributed by atoms with Crippen LogP contribution in [0.2, 0.25) is 0 Å². The number of rotatable bonds is 3. The fourth-order valence-electron chi connectivity index (χ4n) is 1.39. The van der Waals surface area contributed by atoms with Crippen LogP contribution in [-0.4, -0.2) is 17.1 Å². The molecular formula is C11H10BrClN2O. The van der Waals surface area contributed by atoms with E-state index in [9.17, 15) is 0 Å².